The Balaban J connectivity index is 1.70. The summed E-state index contributed by atoms with van der Waals surface area (Å²) in [6, 6.07) is 3.85. The van der Waals surface area contributed by atoms with Gasteiger partial charge < -0.3 is 14.2 Å². The number of benzene rings is 1. The predicted molar refractivity (Wildman–Crippen MR) is 96.5 cm³/mol. The van der Waals surface area contributed by atoms with Gasteiger partial charge in [-0.15, -0.1) is 6.58 Å². The van der Waals surface area contributed by atoms with E-state index in [2.05, 4.69) is 40.3 Å². The first-order valence-electron chi connectivity index (χ1n) is 8.68. The zero-order chi connectivity index (χ0) is 18.2. The van der Waals surface area contributed by atoms with Gasteiger partial charge in [0.15, 0.2) is 11.5 Å². The molecule has 0 amide bonds. The SMILES string of the molecule is C=CCc1cc2c(cc1COC(=O)C1C(C=C(C)C)C1(C)C)OCO2. The van der Waals surface area contributed by atoms with Crippen LogP contribution in [0, 0.1) is 17.3 Å². The van der Waals surface area contributed by atoms with Crippen LogP contribution < -0.4 is 9.47 Å². The molecule has 2 aliphatic rings. The average molecular weight is 342 g/mol. The fourth-order valence-electron chi connectivity index (χ4n) is 3.54. The summed E-state index contributed by atoms with van der Waals surface area (Å²) in [5.41, 5.74) is 3.18. The lowest BCUT2D eigenvalue weighted by atomic mass is 10.0. The molecule has 0 spiro atoms. The molecule has 1 saturated carbocycles. The average Bonchev–Trinajstić information content (AvgIpc) is 2.88. The van der Waals surface area contributed by atoms with Crippen LogP contribution in [0.2, 0.25) is 0 Å². The third kappa shape index (κ3) is 3.44. The molecule has 4 nitrogen and oxygen atoms in total. The van der Waals surface area contributed by atoms with Crippen molar-refractivity contribution < 1.29 is 19.0 Å². The van der Waals surface area contributed by atoms with Crippen LogP contribution in [-0.4, -0.2) is 12.8 Å². The van der Waals surface area contributed by atoms with Crippen molar-refractivity contribution in [3.8, 4) is 11.5 Å². The van der Waals surface area contributed by atoms with E-state index in [4.69, 9.17) is 14.2 Å². The van der Waals surface area contributed by atoms with Crippen LogP contribution in [0.1, 0.15) is 38.8 Å². The van der Waals surface area contributed by atoms with Crippen LogP contribution in [-0.2, 0) is 22.6 Å². The molecule has 0 N–H and O–H groups in total. The van der Waals surface area contributed by atoms with Crippen molar-refractivity contribution in [3.05, 3.63) is 47.6 Å². The van der Waals surface area contributed by atoms with Gasteiger partial charge >= 0.3 is 5.97 Å². The Labute approximate surface area is 149 Å². The number of fused-ring (bicyclic) bond motifs is 1. The number of carbonyl (C=O) groups excluding carboxylic acids is 1. The number of allylic oxidation sites excluding steroid dienone is 3. The van der Waals surface area contributed by atoms with E-state index in [9.17, 15) is 4.79 Å². The predicted octanol–water partition coefficient (Wildman–Crippen LogP) is 4.43. The second-order valence-electron chi connectivity index (χ2n) is 7.64. The van der Waals surface area contributed by atoms with Crippen LogP contribution in [0.25, 0.3) is 0 Å². The largest absolute Gasteiger partial charge is 0.461 e. The molecule has 1 heterocycles. The first-order chi connectivity index (χ1) is 11.8. The van der Waals surface area contributed by atoms with Gasteiger partial charge in [0, 0.05) is 0 Å². The van der Waals surface area contributed by atoms with Crippen LogP contribution in [0.3, 0.4) is 0 Å². The van der Waals surface area contributed by atoms with Crippen molar-refractivity contribution in [1.82, 2.24) is 0 Å². The van der Waals surface area contributed by atoms with Crippen molar-refractivity contribution in [2.24, 2.45) is 17.3 Å². The number of ether oxygens (including phenoxy) is 3. The molecule has 1 aliphatic heterocycles. The van der Waals surface area contributed by atoms with E-state index in [1.54, 1.807) is 0 Å². The summed E-state index contributed by atoms with van der Waals surface area (Å²) >= 11 is 0. The van der Waals surface area contributed by atoms with Gasteiger partial charge in [0.2, 0.25) is 6.79 Å². The highest BCUT2D eigenvalue weighted by atomic mass is 16.7. The van der Waals surface area contributed by atoms with Crippen LogP contribution >= 0.6 is 0 Å². The van der Waals surface area contributed by atoms with E-state index in [1.165, 1.54) is 5.57 Å². The van der Waals surface area contributed by atoms with E-state index in [0.29, 0.717) is 12.2 Å². The van der Waals surface area contributed by atoms with Crippen molar-refractivity contribution in [3.63, 3.8) is 0 Å². The summed E-state index contributed by atoms with van der Waals surface area (Å²) < 4.78 is 16.5. The lowest BCUT2D eigenvalue weighted by Crippen LogP contribution is -2.11. The molecule has 2 atom stereocenters. The van der Waals surface area contributed by atoms with Gasteiger partial charge in [-0.2, -0.15) is 0 Å². The smallest absolute Gasteiger partial charge is 0.310 e. The molecule has 1 aromatic rings. The quantitative estimate of drug-likeness (QED) is 0.567. The molecule has 0 bridgehead atoms. The maximum Gasteiger partial charge on any atom is 0.310 e. The molecular weight excluding hydrogens is 316 g/mol. The first-order valence-corrected chi connectivity index (χ1v) is 8.68. The van der Waals surface area contributed by atoms with Gasteiger partial charge in [-0.05, 0) is 54.9 Å². The minimum atomic E-state index is -0.130. The number of carbonyl (C=O) groups is 1. The lowest BCUT2D eigenvalue weighted by Gasteiger charge is -2.11. The summed E-state index contributed by atoms with van der Waals surface area (Å²) in [7, 11) is 0. The highest BCUT2D eigenvalue weighted by molar-refractivity contribution is 5.78. The summed E-state index contributed by atoms with van der Waals surface area (Å²) in [5.74, 6) is 1.50. The Morgan fingerprint density at radius 1 is 1.28 bits per heavy atom. The van der Waals surface area contributed by atoms with Crippen molar-refractivity contribution in [1.29, 1.82) is 0 Å². The van der Waals surface area contributed by atoms with E-state index in [1.807, 2.05) is 18.2 Å². The Hall–Kier alpha value is -2.23. The fraction of sp³-hybridized carbons (Fsp3) is 0.476. The molecular formula is C21H26O4. The first kappa shape index (κ1) is 17.6. The summed E-state index contributed by atoms with van der Waals surface area (Å²) in [4.78, 5) is 12.6. The molecule has 2 unspecified atom stereocenters. The molecule has 1 aliphatic carbocycles. The number of esters is 1. The number of hydrogen-bond donors (Lipinski definition) is 0. The molecule has 4 heteroatoms. The molecule has 1 aromatic carbocycles. The summed E-state index contributed by atoms with van der Waals surface area (Å²) in [5, 5.41) is 0. The van der Waals surface area contributed by atoms with Crippen molar-refractivity contribution in [2.45, 2.75) is 40.7 Å². The Morgan fingerprint density at radius 2 is 1.92 bits per heavy atom. The second kappa shape index (κ2) is 6.58. The minimum Gasteiger partial charge on any atom is -0.461 e. The normalized spacial score (nSPS) is 22.2. The van der Waals surface area contributed by atoms with Crippen LogP contribution in [0.15, 0.2) is 36.4 Å². The highest BCUT2D eigenvalue weighted by Crippen LogP contribution is 2.59. The van der Waals surface area contributed by atoms with Gasteiger partial charge in [0.25, 0.3) is 0 Å². The monoisotopic (exact) mass is 342 g/mol. The molecule has 134 valence electrons. The molecule has 0 saturated heterocycles. The Morgan fingerprint density at radius 3 is 2.52 bits per heavy atom. The van der Waals surface area contributed by atoms with E-state index in [-0.39, 0.29) is 36.6 Å². The van der Waals surface area contributed by atoms with Gasteiger partial charge in [0.05, 0.1) is 5.92 Å². The third-order valence-corrected chi connectivity index (χ3v) is 5.11. The standard InChI is InChI=1S/C21H26O4/c1-6-7-14-9-17-18(25-12-24-17)10-15(14)11-23-20(22)19-16(8-13(2)3)21(19,4)5/h6,8-10,16,19H,1,7,11-12H2,2-5H3. The molecule has 0 radical (unpaired) electrons. The maximum absolute atomic E-state index is 12.6. The van der Waals surface area contributed by atoms with Crippen LogP contribution in [0.5, 0.6) is 11.5 Å². The molecule has 1 fully saturated rings. The Bertz CT molecular complexity index is 726. The second-order valence-corrected chi connectivity index (χ2v) is 7.64. The van der Waals surface area contributed by atoms with E-state index in [0.717, 1.165) is 16.9 Å². The van der Waals surface area contributed by atoms with Gasteiger partial charge in [0.1, 0.15) is 6.61 Å². The summed E-state index contributed by atoms with van der Waals surface area (Å²) in [6.07, 6.45) is 4.70. The van der Waals surface area contributed by atoms with E-state index < -0.39 is 0 Å². The van der Waals surface area contributed by atoms with Crippen molar-refractivity contribution in [2.75, 3.05) is 6.79 Å². The van der Waals surface area contributed by atoms with Gasteiger partial charge in [-0.1, -0.05) is 31.6 Å². The van der Waals surface area contributed by atoms with Gasteiger partial charge in [-0.25, -0.2) is 0 Å². The maximum atomic E-state index is 12.6. The molecule has 25 heavy (non-hydrogen) atoms. The molecule has 0 aromatic heterocycles. The van der Waals surface area contributed by atoms with E-state index >= 15 is 0 Å². The number of rotatable bonds is 6. The molecule has 3 rings (SSSR count). The number of hydrogen-bond acceptors (Lipinski definition) is 4. The fourth-order valence-corrected chi connectivity index (χ4v) is 3.54. The highest BCUT2D eigenvalue weighted by Gasteiger charge is 2.61. The Kier molecular flexibility index (Phi) is 4.63. The minimum absolute atomic E-state index is 0.0345. The zero-order valence-corrected chi connectivity index (χ0v) is 15.4. The lowest BCUT2D eigenvalue weighted by molar-refractivity contribution is -0.147. The van der Waals surface area contributed by atoms with Crippen molar-refractivity contribution >= 4 is 5.97 Å². The summed E-state index contributed by atoms with van der Waals surface area (Å²) in [6.45, 7) is 12.6. The third-order valence-electron chi connectivity index (χ3n) is 5.11. The zero-order valence-electron chi connectivity index (χ0n) is 15.4. The topological polar surface area (TPSA) is 44.8 Å². The van der Waals surface area contributed by atoms with Crippen LogP contribution in [0.4, 0.5) is 0 Å². The van der Waals surface area contributed by atoms with Gasteiger partial charge in [-0.3, -0.25) is 4.79 Å².